The molecule has 1 saturated heterocycles. The first kappa shape index (κ1) is 13.3. The minimum absolute atomic E-state index is 0.206. The predicted molar refractivity (Wildman–Crippen MR) is 75.1 cm³/mol. The van der Waals surface area contributed by atoms with Crippen LogP contribution in [-0.4, -0.2) is 38.0 Å². The average Bonchev–Trinajstić information content (AvgIpc) is 2.40. The largest absolute Gasteiger partial charge is 0.355 e. The number of hydrogen-bond donors (Lipinski definition) is 0. The number of halogens is 2. The van der Waals surface area contributed by atoms with E-state index in [0.717, 1.165) is 21.3 Å². The molecule has 0 bridgehead atoms. The van der Waals surface area contributed by atoms with E-state index in [-0.39, 0.29) is 11.5 Å². The second-order valence-electron chi connectivity index (χ2n) is 3.95. The van der Waals surface area contributed by atoms with Gasteiger partial charge in [-0.25, -0.2) is 13.4 Å². The van der Waals surface area contributed by atoms with Gasteiger partial charge in [-0.15, -0.1) is 0 Å². The molecule has 0 N–H and O–H groups in total. The van der Waals surface area contributed by atoms with Crippen molar-refractivity contribution in [3.63, 3.8) is 0 Å². The Morgan fingerprint density at radius 3 is 2.71 bits per heavy atom. The Morgan fingerprint density at radius 1 is 1.24 bits per heavy atom. The molecule has 1 aromatic heterocycles. The van der Waals surface area contributed by atoms with Crippen molar-refractivity contribution in [3.05, 3.63) is 21.2 Å². The minimum Gasteiger partial charge on any atom is -0.355 e. The Labute approximate surface area is 118 Å². The minimum atomic E-state index is -2.88. The van der Waals surface area contributed by atoms with E-state index in [0.29, 0.717) is 13.0 Å². The van der Waals surface area contributed by atoms with Crippen LogP contribution in [-0.2, 0) is 9.84 Å². The highest BCUT2D eigenvalue weighted by molar-refractivity contribution is 9.11. The zero-order valence-corrected chi connectivity index (χ0v) is 13.1. The van der Waals surface area contributed by atoms with Crippen LogP contribution in [0.4, 0.5) is 5.82 Å². The maximum atomic E-state index is 11.5. The van der Waals surface area contributed by atoms with E-state index < -0.39 is 9.84 Å². The summed E-state index contributed by atoms with van der Waals surface area (Å²) in [5.41, 5.74) is 0. The van der Waals surface area contributed by atoms with E-state index >= 15 is 0 Å². The lowest BCUT2D eigenvalue weighted by Crippen LogP contribution is -2.27. The number of aromatic nitrogens is 1. The third kappa shape index (κ3) is 3.42. The molecule has 0 unspecified atom stereocenters. The van der Waals surface area contributed by atoms with Crippen LogP contribution in [0.2, 0.25) is 0 Å². The summed E-state index contributed by atoms with van der Waals surface area (Å²) in [7, 11) is -2.88. The van der Waals surface area contributed by atoms with Crippen molar-refractivity contribution >= 4 is 47.5 Å². The van der Waals surface area contributed by atoms with E-state index in [2.05, 4.69) is 36.8 Å². The summed E-state index contributed by atoms with van der Waals surface area (Å²) in [6.45, 7) is 1.24. The third-order valence-corrected chi connectivity index (χ3v) is 5.38. The Balaban J connectivity index is 2.23. The van der Waals surface area contributed by atoms with Crippen LogP contribution in [0, 0.1) is 0 Å². The lowest BCUT2D eigenvalue weighted by molar-refractivity contribution is 0.597. The van der Waals surface area contributed by atoms with Crippen LogP contribution in [0.3, 0.4) is 0 Å². The highest BCUT2D eigenvalue weighted by atomic mass is 79.9. The number of hydrogen-bond acceptors (Lipinski definition) is 4. The SMILES string of the molecule is O=S1(=O)CCCN(c2ncc(Br)cc2Br)CC1. The smallest absolute Gasteiger partial charge is 0.152 e. The topological polar surface area (TPSA) is 50.3 Å². The number of sulfone groups is 1. The summed E-state index contributed by atoms with van der Waals surface area (Å²) < 4.78 is 24.8. The molecule has 1 aliphatic rings. The summed E-state index contributed by atoms with van der Waals surface area (Å²) in [5.74, 6) is 1.29. The highest BCUT2D eigenvalue weighted by Crippen LogP contribution is 2.27. The average molecular weight is 384 g/mol. The van der Waals surface area contributed by atoms with Crippen LogP contribution in [0.25, 0.3) is 0 Å². The number of anilines is 1. The van der Waals surface area contributed by atoms with Crippen LogP contribution in [0.1, 0.15) is 6.42 Å². The predicted octanol–water partition coefficient (Wildman–Crippen LogP) is 2.23. The van der Waals surface area contributed by atoms with Gasteiger partial charge in [-0.1, -0.05) is 0 Å². The van der Waals surface area contributed by atoms with E-state index in [1.165, 1.54) is 0 Å². The number of pyridine rings is 1. The van der Waals surface area contributed by atoms with Gasteiger partial charge in [-0.2, -0.15) is 0 Å². The summed E-state index contributed by atoms with van der Waals surface area (Å²) in [6, 6.07) is 1.92. The van der Waals surface area contributed by atoms with Crippen molar-refractivity contribution in [3.8, 4) is 0 Å². The van der Waals surface area contributed by atoms with E-state index in [4.69, 9.17) is 0 Å². The fourth-order valence-electron chi connectivity index (χ4n) is 1.79. The molecule has 0 amide bonds. The number of rotatable bonds is 1. The fraction of sp³-hybridized carbons (Fsp3) is 0.500. The molecule has 1 aliphatic heterocycles. The van der Waals surface area contributed by atoms with Crippen molar-refractivity contribution in [1.82, 2.24) is 4.98 Å². The Bertz CT molecular complexity index is 519. The molecule has 0 saturated carbocycles. The Kier molecular flexibility index (Phi) is 4.10. The van der Waals surface area contributed by atoms with E-state index in [1.807, 2.05) is 11.0 Å². The summed E-state index contributed by atoms with van der Waals surface area (Å²) in [6.07, 6.45) is 2.38. The highest BCUT2D eigenvalue weighted by Gasteiger charge is 2.21. The van der Waals surface area contributed by atoms with Gasteiger partial charge in [0.05, 0.1) is 16.0 Å². The lowest BCUT2D eigenvalue weighted by Gasteiger charge is -2.21. The fourth-order valence-corrected chi connectivity index (χ4v) is 4.30. The molecule has 0 radical (unpaired) electrons. The molecule has 7 heteroatoms. The molecule has 1 fully saturated rings. The van der Waals surface area contributed by atoms with Gasteiger partial charge in [-0.3, -0.25) is 0 Å². The van der Waals surface area contributed by atoms with E-state index in [9.17, 15) is 8.42 Å². The molecule has 0 aliphatic carbocycles. The maximum absolute atomic E-state index is 11.5. The van der Waals surface area contributed by atoms with Crippen LogP contribution in [0.15, 0.2) is 21.2 Å². The first-order valence-electron chi connectivity index (χ1n) is 5.24. The second kappa shape index (κ2) is 5.24. The molecule has 0 atom stereocenters. The van der Waals surface area contributed by atoms with Gasteiger partial charge < -0.3 is 4.90 Å². The second-order valence-corrected chi connectivity index (χ2v) is 8.03. The molecule has 2 heterocycles. The van der Waals surface area contributed by atoms with Gasteiger partial charge in [0.2, 0.25) is 0 Å². The van der Waals surface area contributed by atoms with Crippen molar-refractivity contribution in [1.29, 1.82) is 0 Å². The van der Waals surface area contributed by atoms with Crippen LogP contribution >= 0.6 is 31.9 Å². The zero-order chi connectivity index (χ0) is 12.5. The Morgan fingerprint density at radius 2 is 2.00 bits per heavy atom. The molecule has 17 heavy (non-hydrogen) atoms. The van der Waals surface area contributed by atoms with Crippen molar-refractivity contribution in [2.75, 3.05) is 29.5 Å². The van der Waals surface area contributed by atoms with Crippen molar-refractivity contribution < 1.29 is 8.42 Å². The standard InChI is InChI=1S/C10H12Br2N2O2S/c11-8-6-9(12)10(13-7-8)14-2-1-4-17(15,16)5-3-14/h6-7H,1-5H2. The normalized spacial score (nSPS) is 20.0. The molecule has 2 rings (SSSR count). The quantitative estimate of drug-likeness (QED) is 0.746. The van der Waals surface area contributed by atoms with E-state index in [1.54, 1.807) is 6.20 Å². The maximum Gasteiger partial charge on any atom is 0.152 e. The first-order valence-corrected chi connectivity index (χ1v) is 8.65. The van der Waals surface area contributed by atoms with Gasteiger partial charge >= 0.3 is 0 Å². The van der Waals surface area contributed by atoms with Gasteiger partial charge in [-0.05, 0) is 44.3 Å². The van der Waals surface area contributed by atoms with Gasteiger partial charge in [0, 0.05) is 23.8 Å². The summed E-state index contributed by atoms with van der Waals surface area (Å²) in [5, 5.41) is 0. The van der Waals surface area contributed by atoms with Gasteiger partial charge in [0.15, 0.2) is 9.84 Å². The van der Waals surface area contributed by atoms with Crippen molar-refractivity contribution in [2.24, 2.45) is 0 Å². The first-order chi connectivity index (χ1) is 7.98. The van der Waals surface area contributed by atoms with Gasteiger partial charge in [0.1, 0.15) is 5.82 Å². The van der Waals surface area contributed by atoms with Crippen LogP contribution in [0.5, 0.6) is 0 Å². The number of nitrogens with zero attached hydrogens (tertiary/aromatic N) is 2. The molecule has 94 valence electrons. The lowest BCUT2D eigenvalue weighted by atomic mass is 10.3. The van der Waals surface area contributed by atoms with Crippen LogP contribution < -0.4 is 4.90 Å². The summed E-state index contributed by atoms with van der Waals surface area (Å²) in [4.78, 5) is 6.34. The molecule has 1 aromatic rings. The molecular formula is C10H12Br2N2O2S. The molecule has 0 spiro atoms. The molecular weight excluding hydrogens is 372 g/mol. The molecule has 4 nitrogen and oxygen atoms in total. The third-order valence-electron chi connectivity index (χ3n) is 2.64. The van der Waals surface area contributed by atoms with Crippen molar-refractivity contribution in [2.45, 2.75) is 6.42 Å². The molecule has 0 aromatic carbocycles. The summed E-state index contributed by atoms with van der Waals surface area (Å²) >= 11 is 6.80. The Hall–Kier alpha value is -0.140. The monoisotopic (exact) mass is 382 g/mol. The zero-order valence-electron chi connectivity index (χ0n) is 9.07. The van der Waals surface area contributed by atoms with Gasteiger partial charge in [0.25, 0.3) is 0 Å².